The molecule has 0 saturated carbocycles. The summed E-state index contributed by atoms with van der Waals surface area (Å²) in [5, 5.41) is 7.12. The number of ether oxygens (including phenoxy) is 1. The first-order chi connectivity index (χ1) is 10.1. The van der Waals surface area contributed by atoms with Gasteiger partial charge in [-0.15, -0.1) is 0 Å². The largest absolute Gasteiger partial charge is 0.490 e. The summed E-state index contributed by atoms with van der Waals surface area (Å²) in [6.45, 7) is 5.73. The van der Waals surface area contributed by atoms with Crippen molar-refractivity contribution in [1.82, 2.24) is 4.90 Å². The standard InChI is InChI=1S/C11H20N2O2.C2HF3O2/c1-9(12)10(14)15-8-11-2-5-13(6-3-11)7-4-11;3-2(4,5)1(6)7/h9H,2-8,12H2,1H3;(H,6,7). The second-order valence-electron chi connectivity index (χ2n) is 5.79. The van der Waals surface area contributed by atoms with Crippen LogP contribution in [-0.2, 0) is 14.3 Å². The maximum absolute atomic E-state index is 11.3. The zero-order valence-corrected chi connectivity index (χ0v) is 12.4. The molecular formula is C13H21F3N2O4. The van der Waals surface area contributed by atoms with Crippen molar-refractivity contribution < 1.29 is 32.6 Å². The van der Waals surface area contributed by atoms with E-state index in [1.54, 1.807) is 6.92 Å². The lowest BCUT2D eigenvalue weighted by Crippen LogP contribution is -2.50. The lowest BCUT2D eigenvalue weighted by atomic mass is 9.73. The SMILES string of the molecule is CC(N)C(=O)OCC12CCN(CC1)CC2.O=C(O)C(F)(F)F. The fourth-order valence-electron chi connectivity index (χ4n) is 2.47. The van der Waals surface area contributed by atoms with Gasteiger partial charge in [0.15, 0.2) is 0 Å². The second-order valence-corrected chi connectivity index (χ2v) is 5.79. The lowest BCUT2D eigenvalue weighted by Gasteiger charge is -2.47. The molecule has 0 aromatic heterocycles. The van der Waals surface area contributed by atoms with Gasteiger partial charge in [-0.3, -0.25) is 4.79 Å². The summed E-state index contributed by atoms with van der Waals surface area (Å²) in [5.74, 6) is -3.02. The molecule has 0 aromatic carbocycles. The van der Waals surface area contributed by atoms with Crippen LogP contribution in [0.2, 0.25) is 0 Å². The van der Waals surface area contributed by atoms with Crippen LogP contribution in [0.15, 0.2) is 0 Å². The van der Waals surface area contributed by atoms with E-state index in [0.29, 0.717) is 6.61 Å². The number of alkyl halides is 3. The molecule has 128 valence electrons. The number of nitrogens with zero attached hydrogens (tertiary/aromatic N) is 1. The second kappa shape index (κ2) is 7.28. The maximum Gasteiger partial charge on any atom is 0.490 e. The fraction of sp³-hybridized carbons (Fsp3) is 0.846. The molecule has 1 unspecified atom stereocenters. The third kappa shape index (κ3) is 5.45. The Morgan fingerprint density at radius 2 is 1.68 bits per heavy atom. The first kappa shape index (κ1) is 18.7. The van der Waals surface area contributed by atoms with Crippen molar-refractivity contribution in [1.29, 1.82) is 0 Å². The molecule has 3 aliphatic heterocycles. The molecular weight excluding hydrogens is 305 g/mol. The highest BCUT2D eigenvalue weighted by molar-refractivity contribution is 5.74. The number of hydrogen-bond acceptors (Lipinski definition) is 5. The predicted molar refractivity (Wildman–Crippen MR) is 71.0 cm³/mol. The van der Waals surface area contributed by atoms with Crippen LogP contribution in [0.5, 0.6) is 0 Å². The van der Waals surface area contributed by atoms with Crippen LogP contribution in [0.1, 0.15) is 26.2 Å². The Morgan fingerprint density at radius 1 is 1.27 bits per heavy atom. The molecule has 0 aromatic rings. The first-order valence-electron chi connectivity index (χ1n) is 7.00. The van der Waals surface area contributed by atoms with Gasteiger partial charge in [0, 0.05) is 5.41 Å². The van der Waals surface area contributed by atoms with Crippen LogP contribution in [0, 0.1) is 5.41 Å². The number of carbonyl (C=O) groups is 2. The van der Waals surface area contributed by atoms with E-state index in [1.165, 1.54) is 19.3 Å². The van der Waals surface area contributed by atoms with Gasteiger partial charge in [0.1, 0.15) is 6.04 Å². The summed E-state index contributed by atoms with van der Waals surface area (Å²) in [6.07, 6.45) is -1.59. The zero-order valence-electron chi connectivity index (χ0n) is 12.4. The summed E-state index contributed by atoms with van der Waals surface area (Å²) >= 11 is 0. The minimum atomic E-state index is -5.08. The zero-order chi connectivity index (χ0) is 17.0. The lowest BCUT2D eigenvalue weighted by molar-refractivity contribution is -0.192. The van der Waals surface area contributed by atoms with Gasteiger partial charge >= 0.3 is 18.1 Å². The van der Waals surface area contributed by atoms with Gasteiger partial charge in [-0.1, -0.05) is 0 Å². The van der Waals surface area contributed by atoms with Crippen molar-refractivity contribution in [3.05, 3.63) is 0 Å². The number of carbonyl (C=O) groups excluding carboxylic acids is 1. The maximum atomic E-state index is 11.3. The molecule has 0 amide bonds. The van der Waals surface area contributed by atoms with E-state index in [1.807, 2.05) is 0 Å². The number of rotatable bonds is 3. The Hall–Kier alpha value is -1.35. The Morgan fingerprint density at radius 3 is 2.00 bits per heavy atom. The average Bonchev–Trinajstić information content (AvgIpc) is 2.46. The van der Waals surface area contributed by atoms with Gasteiger partial charge < -0.3 is 20.5 Å². The molecule has 9 heteroatoms. The summed E-state index contributed by atoms with van der Waals surface area (Å²) in [4.78, 5) is 22.7. The topological polar surface area (TPSA) is 92.9 Å². The van der Waals surface area contributed by atoms with Crippen molar-refractivity contribution >= 4 is 11.9 Å². The van der Waals surface area contributed by atoms with Gasteiger partial charge in [0.05, 0.1) is 6.61 Å². The van der Waals surface area contributed by atoms with E-state index in [4.69, 9.17) is 20.4 Å². The fourth-order valence-corrected chi connectivity index (χ4v) is 2.47. The van der Waals surface area contributed by atoms with Crippen molar-refractivity contribution in [2.75, 3.05) is 26.2 Å². The summed E-state index contributed by atoms with van der Waals surface area (Å²) in [7, 11) is 0. The Balaban J connectivity index is 0.000000295. The molecule has 6 nitrogen and oxygen atoms in total. The number of piperidine rings is 3. The van der Waals surface area contributed by atoms with Gasteiger partial charge in [-0.25, -0.2) is 4.79 Å². The van der Waals surface area contributed by atoms with Crippen molar-refractivity contribution in [2.45, 2.75) is 38.4 Å². The third-order valence-electron chi connectivity index (χ3n) is 4.01. The van der Waals surface area contributed by atoms with Crippen molar-refractivity contribution in [3.63, 3.8) is 0 Å². The number of esters is 1. The highest BCUT2D eigenvalue weighted by Gasteiger charge is 2.40. The van der Waals surface area contributed by atoms with E-state index in [-0.39, 0.29) is 11.4 Å². The molecule has 3 rings (SSSR count). The van der Waals surface area contributed by atoms with E-state index >= 15 is 0 Å². The molecule has 3 fully saturated rings. The normalized spacial score (nSPS) is 28.3. The minimum absolute atomic E-state index is 0.263. The van der Waals surface area contributed by atoms with Crippen LogP contribution >= 0.6 is 0 Å². The number of hydrogen-bond donors (Lipinski definition) is 2. The van der Waals surface area contributed by atoms with Crippen molar-refractivity contribution in [3.8, 4) is 0 Å². The molecule has 3 aliphatic rings. The van der Waals surface area contributed by atoms with Gasteiger partial charge in [0.2, 0.25) is 0 Å². The number of aliphatic carboxylic acids is 1. The monoisotopic (exact) mass is 326 g/mol. The number of carboxylic acids is 1. The number of carboxylic acid groups (broad SMARTS) is 1. The van der Waals surface area contributed by atoms with Crippen LogP contribution < -0.4 is 5.73 Å². The predicted octanol–water partition coefficient (Wildman–Crippen LogP) is 0.996. The van der Waals surface area contributed by atoms with E-state index in [2.05, 4.69) is 4.90 Å². The highest BCUT2D eigenvalue weighted by Crippen LogP contribution is 2.40. The van der Waals surface area contributed by atoms with Gasteiger partial charge in [-0.2, -0.15) is 13.2 Å². The molecule has 0 spiro atoms. The smallest absolute Gasteiger partial charge is 0.475 e. The first-order valence-corrected chi connectivity index (χ1v) is 7.00. The molecule has 0 radical (unpaired) electrons. The molecule has 3 heterocycles. The van der Waals surface area contributed by atoms with E-state index in [0.717, 1.165) is 19.6 Å². The number of nitrogens with two attached hydrogens (primary N) is 1. The van der Waals surface area contributed by atoms with E-state index < -0.39 is 18.2 Å². The number of fused-ring (bicyclic) bond motifs is 3. The van der Waals surface area contributed by atoms with Gasteiger partial charge in [-0.05, 0) is 45.8 Å². The van der Waals surface area contributed by atoms with Crippen LogP contribution in [0.4, 0.5) is 13.2 Å². The minimum Gasteiger partial charge on any atom is -0.475 e. The van der Waals surface area contributed by atoms with E-state index in [9.17, 15) is 18.0 Å². The molecule has 2 bridgehead atoms. The summed E-state index contributed by atoms with van der Waals surface area (Å²) in [5.41, 5.74) is 5.73. The van der Waals surface area contributed by atoms with Crippen LogP contribution in [0.25, 0.3) is 0 Å². The Kier molecular flexibility index (Phi) is 6.18. The Labute approximate surface area is 126 Å². The molecule has 1 atom stereocenters. The number of halogens is 3. The average molecular weight is 326 g/mol. The third-order valence-corrected chi connectivity index (χ3v) is 4.01. The van der Waals surface area contributed by atoms with Crippen LogP contribution in [-0.4, -0.2) is 60.4 Å². The highest BCUT2D eigenvalue weighted by atomic mass is 19.4. The molecule has 3 N–H and O–H groups in total. The molecule has 3 saturated heterocycles. The van der Waals surface area contributed by atoms with Gasteiger partial charge in [0.25, 0.3) is 0 Å². The summed E-state index contributed by atoms with van der Waals surface area (Å²) in [6, 6.07) is -0.495. The van der Waals surface area contributed by atoms with Crippen LogP contribution in [0.3, 0.4) is 0 Å². The molecule has 22 heavy (non-hydrogen) atoms. The molecule has 0 aliphatic carbocycles. The Bertz CT molecular complexity index is 391. The summed E-state index contributed by atoms with van der Waals surface area (Å²) < 4.78 is 37.0. The quantitative estimate of drug-likeness (QED) is 0.752. The van der Waals surface area contributed by atoms with Crippen molar-refractivity contribution in [2.24, 2.45) is 11.1 Å².